The van der Waals surface area contributed by atoms with Crippen LogP contribution in [0.4, 0.5) is 0 Å². The molecule has 70 valence electrons. The molecule has 0 spiro atoms. The van der Waals surface area contributed by atoms with Crippen LogP contribution < -0.4 is 10.6 Å². The number of hydrazone groups is 1. The van der Waals surface area contributed by atoms with E-state index in [9.17, 15) is 5.11 Å². The van der Waals surface area contributed by atoms with Crippen molar-refractivity contribution >= 4 is 5.71 Å². The Balaban J connectivity index is 3.12. The fraction of sp³-hybridized carbons (Fsp3) is 0.222. The predicted molar refractivity (Wildman–Crippen MR) is 51.1 cm³/mol. The highest BCUT2D eigenvalue weighted by molar-refractivity contribution is 6.00. The van der Waals surface area contributed by atoms with Gasteiger partial charge in [-0.05, 0) is 19.1 Å². The largest absolute Gasteiger partial charge is 0.507 e. The number of rotatable bonds is 2. The zero-order valence-electron chi connectivity index (χ0n) is 7.61. The van der Waals surface area contributed by atoms with Gasteiger partial charge >= 0.3 is 0 Å². The number of phenols is 1. The molecule has 0 heterocycles. The molecule has 0 saturated carbocycles. The Hall–Kier alpha value is -1.71. The van der Waals surface area contributed by atoms with Crippen molar-refractivity contribution in [3.8, 4) is 11.5 Å². The minimum absolute atomic E-state index is 0.117. The number of benzene rings is 1. The molecule has 0 aromatic heterocycles. The molecule has 0 atom stereocenters. The molecular weight excluding hydrogens is 168 g/mol. The Kier molecular flexibility index (Phi) is 2.74. The molecular formula is C9H12N2O2. The predicted octanol–water partition coefficient (Wildman–Crippen LogP) is 1.08. The summed E-state index contributed by atoms with van der Waals surface area (Å²) in [5.41, 5.74) is 1.20. The van der Waals surface area contributed by atoms with Gasteiger partial charge in [0.2, 0.25) is 0 Å². The monoisotopic (exact) mass is 180 g/mol. The number of phenolic OH excluding ortho intramolecular Hbond substituents is 1. The summed E-state index contributed by atoms with van der Waals surface area (Å²) in [6.07, 6.45) is 0. The standard InChI is InChI=1S/C9H12N2O2/c1-6(11-10)8-4-3-7(13-2)5-9(8)12/h3-5,12H,10H2,1-2H3/b11-6+. The number of nitrogens with zero attached hydrogens (tertiary/aromatic N) is 1. The lowest BCUT2D eigenvalue weighted by Gasteiger charge is -2.05. The molecule has 0 saturated heterocycles. The summed E-state index contributed by atoms with van der Waals surface area (Å²) < 4.78 is 4.93. The smallest absolute Gasteiger partial charge is 0.128 e. The van der Waals surface area contributed by atoms with Crippen LogP contribution in [-0.4, -0.2) is 17.9 Å². The summed E-state index contributed by atoms with van der Waals surface area (Å²) in [5.74, 6) is 5.81. The summed E-state index contributed by atoms with van der Waals surface area (Å²) in [5, 5.41) is 13.0. The molecule has 1 aromatic carbocycles. The van der Waals surface area contributed by atoms with E-state index in [1.807, 2.05) is 0 Å². The van der Waals surface area contributed by atoms with E-state index < -0.39 is 0 Å². The number of methoxy groups -OCH3 is 1. The first-order chi connectivity index (χ1) is 6.19. The molecule has 0 aliphatic heterocycles. The van der Waals surface area contributed by atoms with Gasteiger partial charge in [-0.15, -0.1) is 0 Å². The Morgan fingerprint density at radius 3 is 2.69 bits per heavy atom. The lowest BCUT2D eigenvalue weighted by Crippen LogP contribution is -1.99. The van der Waals surface area contributed by atoms with Crippen LogP contribution >= 0.6 is 0 Å². The average Bonchev–Trinajstić information content (AvgIpc) is 2.16. The van der Waals surface area contributed by atoms with Crippen LogP contribution in [0.15, 0.2) is 23.3 Å². The van der Waals surface area contributed by atoms with Crippen LogP contribution in [0.5, 0.6) is 11.5 Å². The van der Waals surface area contributed by atoms with Crippen molar-refractivity contribution in [3.05, 3.63) is 23.8 Å². The van der Waals surface area contributed by atoms with Gasteiger partial charge < -0.3 is 15.7 Å². The van der Waals surface area contributed by atoms with E-state index in [1.54, 1.807) is 26.2 Å². The molecule has 0 aliphatic carbocycles. The molecule has 13 heavy (non-hydrogen) atoms. The Labute approximate surface area is 76.6 Å². The maximum absolute atomic E-state index is 9.51. The molecule has 0 unspecified atom stereocenters. The van der Waals surface area contributed by atoms with Crippen LogP contribution in [0, 0.1) is 0 Å². The van der Waals surface area contributed by atoms with E-state index in [1.165, 1.54) is 6.07 Å². The van der Waals surface area contributed by atoms with Gasteiger partial charge in [-0.1, -0.05) is 0 Å². The second-order valence-corrected chi connectivity index (χ2v) is 2.60. The van der Waals surface area contributed by atoms with Crippen molar-refractivity contribution in [2.75, 3.05) is 7.11 Å². The zero-order valence-corrected chi connectivity index (χ0v) is 7.61. The molecule has 0 aliphatic rings. The second-order valence-electron chi connectivity index (χ2n) is 2.60. The summed E-state index contributed by atoms with van der Waals surface area (Å²) in [4.78, 5) is 0. The third-order valence-electron chi connectivity index (χ3n) is 1.79. The van der Waals surface area contributed by atoms with Crippen LogP contribution in [0.1, 0.15) is 12.5 Å². The van der Waals surface area contributed by atoms with Gasteiger partial charge in [0.25, 0.3) is 0 Å². The molecule has 1 rings (SSSR count). The van der Waals surface area contributed by atoms with E-state index >= 15 is 0 Å². The van der Waals surface area contributed by atoms with Gasteiger partial charge in [-0.25, -0.2) is 0 Å². The topological polar surface area (TPSA) is 67.8 Å². The third-order valence-corrected chi connectivity index (χ3v) is 1.79. The zero-order chi connectivity index (χ0) is 9.84. The van der Waals surface area contributed by atoms with Crippen LogP contribution in [-0.2, 0) is 0 Å². The number of aromatic hydroxyl groups is 1. The Bertz CT molecular complexity index is 334. The van der Waals surface area contributed by atoms with E-state index in [0.29, 0.717) is 17.0 Å². The lowest BCUT2D eigenvalue weighted by molar-refractivity contribution is 0.407. The average molecular weight is 180 g/mol. The summed E-state index contributed by atoms with van der Waals surface area (Å²) >= 11 is 0. The molecule has 0 amide bonds. The van der Waals surface area contributed by atoms with Crippen molar-refractivity contribution < 1.29 is 9.84 Å². The SMILES string of the molecule is COc1ccc(/C(C)=N/N)c(O)c1. The molecule has 0 radical (unpaired) electrons. The number of nitrogens with two attached hydrogens (primary N) is 1. The maximum atomic E-state index is 9.51. The Morgan fingerprint density at radius 1 is 1.54 bits per heavy atom. The van der Waals surface area contributed by atoms with Crippen LogP contribution in [0.3, 0.4) is 0 Å². The first kappa shape index (κ1) is 9.38. The lowest BCUT2D eigenvalue weighted by atomic mass is 10.1. The van der Waals surface area contributed by atoms with Crippen molar-refractivity contribution in [2.24, 2.45) is 10.9 Å². The minimum atomic E-state index is 0.117. The van der Waals surface area contributed by atoms with Crippen molar-refractivity contribution in [1.29, 1.82) is 0 Å². The van der Waals surface area contributed by atoms with Crippen LogP contribution in [0.25, 0.3) is 0 Å². The first-order valence-corrected chi connectivity index (χ1v) is 3.81. The molecule has 3 N–H and O–H groups in total. The van der Waals surface area contributed by atoms with Crippen molar-refractivity contribution in [3.63, 3.8) is 0 Å². The van der Waals surface area contributed by atoms with E-state index in [-0.39, 0.29) is 5.75 Å². The fourth-order valence-corrected chi connectivity index (χ4v) is 1.01. The van der Waals surface area contributed by atoms with Gasteiger partial charge in [0.05, 0.1) is 12.8 Å². The summed E-state index contributed by atoms with van der Waals surface area (Å²) in [6.45, 7) is 1.72. The van der Waals surface area contributed by atoms with Gasteiger partial charge in [0.15, 0.2) is 0 Å². The minimum Gasteiger partial charge on any atom is -0.507 e. The molecule has 0 bridgehead atoms. The number of hydrogen-bond acceptors (Lipinski definition) is 4. The Morgan fingerprint density at radius 2 is 2.23 bits per heavy atom. The van der Waals surface area contributed by atoms with E-state index in [4.69, 9.17) is 10.6 Å². The van der Waals surface area contributed by atoms with Crippen molar-refractivity contribution in [2.45, 2.75) is 6.92 Å². The van der Waals surface area contributed by atoms with Gasteiger partial charge in [0, 0.05) is 11.6 Å². The highest BCUT2D eigenvalue weighted by Crippen LogP contribution is 2.23. The highest BCUT2D eigenvalue weighted by atomic mass is 16.5. The molecule has 4 nitrogen and oxygen atoms in total. The number of ether oxygens (including phenoxy) is 1. The summed E-state index contributed by atoms with van der Waals surface area (Å²) in [6, 6.07) is 4.97. The van der Waals surface area contributed by atoms with E-state index in [2.05, 4.69) is 5.10 Å². The summed E-state index contributed by atoms with van der Waals surface area (Å²) in [7, 11) is 1.54. The number of hydrogen-bond donors (Lipinski definition) is 2. The van der Waals surface area contributed by atoms with Gasteiger partial charge in [-0.3, -0.25) is 0 Å². The molecule has 1 aromatic rings. The molecule has 0 fully saturated rings. The maximum Gasteiger partial charge on any atom is 0.128 e. The van der Waals surface area contributed by atoms with Crippen molar-refractivity contribution in [1.82, 2.24) is 0 Å². The van der Waals surface area contributed by atoms with Crippen LogP contribution in [0.2, 0.25) is 0 Å². The highest BCUT2D eigenvalue weighted by Gasteiger charge is 2.05. The quantitative estimate of drug-likeness (QED) is 0.406. The first-order valence-electron chi connectivity index (χ1n) is 3.81. The van der Waals surface area contributed by atoms with E-state index in [0.717, 1.165) is 0 Å². The second kappa shape index (κ2) is 3.80. The third kappa shape index (κ3) is 1.90. The fourth-order valence-electron chi connectivity index (χ4n) is 1.01. The van der Waals surface area contributed by atoms with Gasteiger partial charge in [0.1, 0.15) is 11.5 Å². The normalized spacial score (nSPS) is 11.4. The molecule has 4 heteroatoms. The van der Waals surface area contributed by atoms with Gasteiger partial charge in [-0.2, -0.15) is 5.10 Å².